The molecule has 5 nitrogen and oxygen atoms in total. The van der Waals surface area contributed by atoms with Gasteiger partial charge >= 0.3 is 6.18 Å². The normalized spacial score (nSPS) is 20.2. The fraction of sp³-hybridized carbons (Fsp3) is 0.444. The second-order valence-electron chi connectivity index (χ2n) is 3.61. The second kappa shape index (κ2) is 4.19. The van der Waals surface area contributed by atoms with Crippen molar-refractivity contribution in [1.29, 1.82) is 0 Å². The van der Waals surface area contributed by atoms with Crippen molar-refractivity contribution in [2.45, 2.75) is 18.6 Å². The lowest BCUT2D eigenvalue weighted by Crippen LogP contribution is -2.24. The molecule has 1 aliphatic rings. The monoisotopic (exact) mass is 246 g/mol. The van der Waals surface area contributed by atoms with Gasteiger partial charge in [-0.15, -0.1) is 0 Å². The Hall–Kier alpha value is -1.86. The molecule has 1 saturated heterocycles. The average molecular weight is 246 g/mol. The first-order valence-electron chi connectivity index (χ1n) is 4.88. The molecule has 2 rings (SSSR count). The van der Waals surface area contributed by atoms with Gasteiger partial charge < -0.3 is 10.6 Å². The summed E-state index contributed by atoms with van der Waals surface area (Å²) in [6.07, 6.45) is -3.26. The zero-order valence-electron chi connectivity index (χ0n) is 8.58. The minimum Gasteiger partial charge on any atom is -0.354 e. The van der Waals surface area contributed by atoms with Gasteiger partial charge in [0.1, 0.15) is 5.69 Å². The molecular formula is C9H9F3N4O. The van der Waals surface area contributed by atoms with Crippen LogP contribution in [-0.4, -0.2) is 28.5 Å². The maximum absolute atomic E-state index is 12.4. The number of amides is 1. The topological polar surface area (TPSA) is 66.9 Å². The zero-order valence-corrected chi connectivity index (χ0v) is 8.58. The van der Waals surface area contributed by atoms with Gasteiger partial charge in [0.15, 0.2) is 0 Å². The molecule has 92 valence electrons. The van der Waals surface area contributed by atoms with Gasteiger partial charge in [-0.05, 0) is 6.07 Å². The first-order valence-corrected chi connectivity index (χ1v) is 4.88. The van der Waals surface area contributed by atoms with E-state index in [4.69, 9.17) is 0 Å². The summed E-state index contributed by atoms with van der Waals surface area (Å²) in [4.78, 5) is 17.9. The maximum atomic E-state index is 12.4. The van der Waals surface area contributed by atoms with E-state index in [1.54, 1.807) is 0 Å². The summed E-state index contributed by atoms with van der Waals surface area (Å²) in [6.45, 7) is 0.360. The van der Waals surface area contributed by atoms with Crippen molar-refractivity contribution in [2.24, 2.45) is 0 Å². The Labute approximate surface area is 94.4 Å². The van der Waals surface area contributed by atoms with Gasteiger partial charge in [0.2, 0.25) is 11.9 Å². The minimum absolute atomic E-state index is 0.124. The van der Waals surface area contributed by atoms with Gasteiger partial charge in [0.25, 0.3) is 0 Å². The van der Waals surface area contributed by atoms with E-state index in [0.717, 1.165) is 12.3 Å². The molecule has 8 heteroatoms. The van der Waals surface area contributed by atoms with E-state index in [1.807, 2.05) is 0 Å². The number of nitrogens with zero attached hydrogens (tertiary/aromatic N) is 2. The number of carbonyl (C=O) groups is 1. The predicted molar refractivity (Wildman–Crippen MR) is 52.1 cm³/mol. The van der Waals surface area contributed by atoms with Crippen LogP contribution in [0, 0.1) is 0 Å². The average Bonchev–Trinajstić information content (AvgIpc) is 2.63. The van der Waals surface area contributed by atoms with Crippen LogP contribution >= 0.6 is 0 Å². The number of nitrogens with one attached hydrogen (secondary N) is 2. The molecule has 2 N–H and O–H groups in total. The number of anilines is 1. The van der Waals surface area contributed by atoms with E-state index >= 15 is 0 Å². The molecule has 1 unspecified atom stereocenters. The van der Waals surface area contributed by atoms with Crippen molar-refractivity contribution in [3.8, 4) is 0 Å². The smallest absolute Gasteiger partial charge is 0.354 e. The first kappa shape index (κ1) is 11.6. The summed E-state index contributed by atoms with van der Waals surface area (Å²) in [5, 5.41) is 5.23. The van der Waals surface area contributed by atoms with Crippen LogP contribution in [0.15, 0.2) is 12.3 Å². The Morgan fingerprint density at radius 2 is 2.24 bits per heavy atom. The number of aromatic nitrogens is 2. The van der Waals surface area contributed by atoms with E-state index in [-0.39, 0.29) is 24.3 Å². The molecule has 1 aromatic rings. The van der Waals surface area contributed by atoms with Crippen LogP contribution in [0.3, 0.4) is 0 Å². The highest BCUT2D eigenvalue weighted by atomic mass is 19.4. The van der Waals surface area contributed by atoms with E-state index in [2.05, 4.69) is 20.6 Å². The van der Waals surface area contributed by atoms with Crippen LogP contribution in [0.2, 0.25) is 0 Å². The van der Waals surface area contributed by atoms with Crippen molar-refractivity contribution in [3.05, 3.63) is 18.0 Å². The van der Waals surface area contributed by atoms with Gasteiger partial charge in [0.05, 0.1) is 6.04 Å². The highest BCUT2D eigenvalue weighted by molar-refractivity contribution is 5.79. The standard InChI is InChI=1S/C9H9F3N4O/c10-9(11,12)6-1-2-13-8(16-6)15-5-3-7(17)14-4-5/h1-2,5H,3-4H2,(H,14,17)(H,13,15,16). The molecule has 0 bridgehead atoms. The summed E-state index contributed by atoms with van der Waals surface area (Å²) in [6, 6.07) is 0.523. The predicted octanol–water partition coefficient (Wildman–Crippen LogP) is 0.796. The molecule has 0 aliphatic carbocycles. The highest BCUT2D eigenvalue weighted by Gasteiger charge is 2.33. The summed E-state index contributed by atoms with van der Waals surface area (Å²) < 4.78 is 37.1. The third-order valence-corrected chi connectivity index (χ3v) is 2.26. The van der Waals surface area contributed by atoms with Gasteiger partial charge in [0, 0.05) is 19.2 Å². The van der Waals surface area contributed by atoms with Crippen LogP contribution < -0.4 is 10.6 Å². The van der Waals surface area contributed by atoms with E-state index in [1.165, 1.54) is 0 Å². The number of hydrogen-bond donors (Lipinski definition) is 2. The zero-order chi connectivity index (χ0) is 12.5. The third kappa shape index (κ3) is 2.83. The third-order valence-electron chi connectivity index (χ3n) is 2.26. The van der Waals surface area contributed by atoms with E-state index in [9.17, 15) is 18.0 Å². The van der Waals surface area contributed by atoms with Crippen molar-refractivity contribution in [1.82, 2.24) is 15.3 Å². The van der Waals surface area contributed by atoms with Crippen molar-refractivity contribution in [3.63, 3.8) is 0 Å². The van der Waals surface area contributed by atoms with Crippen LogP contribution in [0.4, 0.5) is 19.1 Å². The summed E-state index contributed by atoms with van der Waals surface area (Å²) >= 11 is 0. The summed E-state index contributed by atoms with van der Waals surface area (Å²) in [7, 11) is 0. The number of halogens is 3. The molecule has 1 aliphatic heterocycles. The number of carbonyl (C=O) groups excluding carboxylic acids is 1. The Morgan fingerprint density at radius 1 is 1.47 bits per heavy atom. The molecule has 17 heavy (non-hydrogen) atoms. The Balaban J connectivity index is 2.09. The maximum Gasteiger partial charge on any atom is 0.433 e. The molecule has 1 aromatic heterocycles. The fourth-order valence-corrected chi connectivity index (χ4v) is 1.48. The second-order valence-corrected chi connectivity index (χ2v) is 3.61. The molecule has 1 atom stereocenters. The largest absolute Gasteiger partial charge is 0.433 e. The van der Waals surface area contributed by atoms with Crippen LogP contribution in [0.5, 0.6) is 0 Å². The SMILES string of the molecule is O=C1CC(Nc2nccc(C(F)(F)F)n2)CN1. The van der Waals surface area contributed by atoms with Crippen molar-refractivity contribution < 1.29 is 18.0 Å². The number of hydrogen-bond acceptors (Lipinski definition) is 4. The quantitative estimate of drug-likeness (QED) is 0.809. The van der Waals surface area contributed by atoms with Crippen molar-refractivity contribution in [2.75, 3.05) is 11.9 Å². The fourth-order valence-electron chi connectivity index (χ4n) is 1.48. The Bertz CT molecular complexity index is 434. The molecule has 1 amide bonds. The number of rotatable bonds is 2. The molecule has 0 radical (unpaired) electrons. The first-order chi connectivity index (χ1) is 7.95. The summed E-state index contributed by atoms with van der Waals surface area (Å²) in [5.41, 5.74) is -1.01. The molecule has 0 aromatic carbocycles. The highest BCUT2D eigenvalue weighted by Crippen LogP contribution is 2.27. The molecule has 2 heterocycles. The van der Waals surface area contributed by atoms with Crippen LogP contribution in [0.1, 0.15) is 12.1 Å². The molecule has 0 spiro atoms. The van der Waals surface area contributed by atoms with Gasteiger partial charge in [-0.25, -0.2) is 9.97 Å². The van der Waals surface area contributed by atoms with Gasteiger partial charge in [-0.2, -0.15) is 13.2 Å². The Kier molecular flexibility index (Phi) is 2.86. The van der Waals surface area contributed by atoms with Gasteiger partial charge in [-0.3, -0.25) is 4.79 Å². The van der Waals surface area contributed by atoms with Gasteiger partial charge in [-0.1, -0.05) is 0 Å². The lowest BCUT2D eigenvalue weighted by atomic mass is 10.2. The van der Waals surface area contributed by atoms with E-state index in [0.29, 0.717) is 6.54 Å². The summed E-state index contributed by atoms with van der Waals surface area (Å²) in [5.74, 6) is -0.268. The molecular weight excluding hydrogens is 237 g/mol. The Morgan fingerprint density at radius 3 is 2.82 bits per heavy atom. The van der Waals surface area contributed by atoms with Crippen LogP contribution in [0.25, 0.3) is 0 Å². The minimum atomic E-state index is -4.50. The lowest BCUT2D eigenvalue weighted by Gasteiger charge is -2.11. The van der Waals surface area contributed by atoms with Crippen LogP contribution in [-0.2, 0) is 11.0 Å². The lowest BCUT2D eigenvalue weighted by molar-refractivity contribution is -0.141. The molecule has 1 fully saturated rings. The number of alkyl halides is 3. The van der Waals surface area contributed by atoms with Crippen molar-refractivity contribution >= 4 is 11.9 Å². The molecule has 0 saturated carbocycles. The van der Waals surface area contributed by atoms with E-state index < -0.39 is 11.9 Å².